The fourth-order valence-corrected chi connectivity index (χ4v) is 4.01. The van der Waals surface area contributed by atoms with Crippen LogP contribution < -0.4 is 0 Å². The summed E-state index contributed by atoms with van der Waals surface area (Å²) in [5.41, 5.74) is 5.01. The summed E-state index contributed by atoms with van der Waals surface area (Å²) in [7, 11) is 0. The van der Waals surface area contributed by atoms with Crippen LogP contribution in [0.3, 0.4) is 0 Å². The Morgan fingerprint density at radius 3 is 2.19 bits per heavy atom. The summed E-state index contributed by atoms with van der Waals surface area (Å²) in [4.78, 5) is 25.2. The predicted molar refractivity (Wildman–Crippen MR) is 114 cm³/mol. The number of ether oxygens (including phenoxy) is 1. The van der Waals surface area contributed by atoms with E-state index >= 15 is 0 Å². The molecule has 0 saturated carbocycles. The van der Waals surface area contributed by atoms with E-state index in [-0.39, 0.29) is 32.0 Å². The van der Waals surface area contributed by atoms with E-state index in [4.69, 9.17) is 9.84 Å². The van der Waals surface area contributed by atoms with Crippen molar-refractivity contribution in [1.82, 2.24) is 4.90 Å². The van der Waals surface area contributed by atoms with Crippen molar-refractivity contribution >= 4 is 12.1 Å². The minimum absolute atomic E-state index is 0.0253. The van der Waals surface area contributed by atoms with Crippen molar-refractivity contribution in [1.29, 1.82) is 0 Å². The third kappa shape index (κ3) is 4.58. The Bertz CT molecular complexity index is 1070. The summed E-state index contributed by atoms with van der Waals surface area (Å²) >= 11 is 0. The maximum atomic E-state index is 13.5. The van der Waals surface area contributed by atoms with Gasteiger partial charge in [-0.2, -0.15) is 0 Å². The van der Waals surface area contributed by atoms with Gasteiger partial charge >= 0.3 is 12.1 Å². The highest BCUT2D eigenvalue weighted by Gasteiger charge is 2.29. The van der Waals surface area contributed by atoms with Gasteiger partial charge in [0, 0.05) is 19.0 Å². The van der Waals surface area contributed by atoms with Crippen LogP contribution in [0, 0.1) is 5.82 Å². The zero-order valence-electron chi connectivity index (χ0n) is 16.8. The minimum atomic E-state index is -1.02. The lowest BCUT2D eigenvalue weighted by atomic mass is 9.98. The second kappa shape index (κ2) is 9.00. The number of benzene rings is 3. The molecule has 0 saturated heterocycles. The number of amides is 1. The monoisotopic (exact) mass is 419 g/mol. The van der Waals surface area contributed by atoms with Crippen molar-refractivity contribution in [3.05, 3.63) is 95.3 Å². The van der Waals surface area contributed by atoms with Crippen molar-refractivity contribution in [3.63, 3.8) is 0 Å². The number of carboxylic acid groups (broad SMARTS) is 1. The lowest BCUT2D eigenvalue weighted by Crippen LogP contribution is -2.34. The molecule has 0 radical (unpaired) electrons. The Kier molecular flexibility index (Phi) is 5.98. The van der Waals surface area contributed by atoms with Crippen molar-refractivity contribution in [2.45, 2.75) is 18.9 Å². The second-order valence-corrected chi connectivity index (χ2v) is 7.50. The number of rotatable bonds is 7. The zero-order chi connectivity index (χ0) is 21.8. The first-order valence-corrected chi connectivity index (χ1v) is 10.1. The fraction of sp³-hybridized carbons (Fsp3) is 0.200. The summed E-state index contributed by atoms with van der Waals surface area (Å²) < 4.78 is 19.2. The van der Waals surface area contributed by atoms with Gasteiger partial charge in [0.1, 0.15) is 12.4 Å². The van der Waals surface area contributed by atoms with Crippen LogP contribution in [0.4, 0.5) is 9.18 Å². The average molecular weight is 419 g/mol. The van der Waals surface area contributed by atoms with Crippen molar-refractivity contribution in [3.8, 4) is 11.1 Å². The second-order valence-electron chi connectivity index (χ2n) is 7.50. The third-order valence-electron chi connectivity index (χ3n) is 5.45. The lowest BCUT2D eigenvalue weighted by molar-refractivity contribution is -0.137. The number of carbonyl (C=O) groups is 2. The maximum Gasteiger partial charge on any atom is 0.410 e. The van der Waals surface area contributed by atoms with Crippen LogP contribution in [-0.2, 0) is 16.1 Å². The summed E-state index contributed by atoms with van der Waals surface area (Å²) in [6.07, 6.45) is -0.841. The van der Waals surface area contributed by atoms with Crippen LogP contribution in [0.5, 0.6) is 0 Å². The lowest BCUT2D eigenvalue weighted by Gasteiger charge is -2.23. The van der Waals surface area contributed by atoms with Crippen molar-refractivity contribution in [2.75, 3.05) is 13.2 Å². The summed E-state index contributed by atoms with van der Waals surface area (Å²) in [5.74, 6) is -1.52. The van der Waals surface area contributed by atoms with Gasteiger partial charge in [0.05, 0.1) is 6.42 Å². The standard InChI is InChI=1S/C25H22FNO4/c26-18-7-5-6-17(14-18)15-27(13-12-24(28)29)25(30)31-16-23-21-10-3-1-8-19(21)20-9-2-4-11-22(20)23/h1-11,14,23H,12-13,15-16H2,(H,28,29). The summed E-state index contributed by atoms with van der Waals surface area (Å²) in [5, 5.41) is 9.04. The van der Waals surface area contributed by atoms with Crippen LogP contribution in [0.1, 0.15) is 29.0 Å². The SMILES string of the molecule is O=C(O)CCN(Cc1cccc(F)c1)C(=O)OCC1c2ccccc2-c2ccccc21. The molecular weight excluding hydrogens is 397 g/mol. The molecule has 1 amide bonds. The van der Waals surface area contributed by atoms with Gasteiger partial charge in [0.2, 0.25) is 0 Å². The Morgan fingerprint density at radius 2 is 1.58 bits per heavy atom. The minimum Gasteiger partial charge on any atom is -0.481 e. The van der Waals surface area contributed by atoms with Crippen LogP contribution >= 0.6 is 0 Å². The number of fused-ring (bicyclic) bond motifs is 3. The molecule has 0 heterocycles. The molecule has 0 fully saturated rings. The van der Waals surface area contributed by atoms with Gasteiger partial charge in [0.25, 0.3) is 0 Å². The molecule has 0 aliphatic heterocycles. The van der Waals surface area contributed by atoms with Crippen LogP contribution in [0.2, 0.25) is 0 Å². The molecule has 0 aromatic heterocycles. The van der Waals surface area contributed by atoms with E-state index in [2.05, 4.69) is 12.1 Å². The normalized spacial score (nSPS) is 12.2. The van der Waals surface area contributed by atoms with Gasteiger partial charge in [-0.1, -0.05) is 60.7 Å². The predicted octanol–water partition coefficient (Wildman–Crippen LogP) is 5.05. The number of carboxylic acids is 1. The van der Waals surface area contributed by atoms with Gasteiger partial charge in [-0.3, -0.25) is 4.79 Å². The van der Waals surface area contributed by atoms with E-state index in [0.717, 1.165) is 22.3 Å². The molecule has 1 aliphatic rings. The number of nitrogens with zero attached hydrogens (tertiary/aromatic N) is 1. The molecule has 4 rings (SSSR count). The van der Waals surface area contributed by atoms with Crippen LogP contribution in [0.25, 0.3) is 11.1 Å². The van der Waals surface area contributed by atoms with Crippen molar-refractivity contribution in [2.24, 2.45) is 0 Å². The molecule has 3 aromatic rings. The fourth-order valence-electron chi connectivity index (χ4n) is 4.01. The number of hydrogen-bond acceptors (Lipinski definition) is 3. The smallest absolute Gasteiger partial charge is 0.410 e. The number of aliphatic carboxylic acids is 1. The molecule has 6 heteroatoms. The van der Waals surface area contributed by atoms with E-state index in [1.165, 1.54) is 17.0 Å². The average Bonchev–Trinajstić information content (AvgIpc) is 3.09. The van der Waals surface area contributed by atoms with E-state index in [1.807, 2.05) is 36.4 Å². The summed E-state index contributed by atoms with van der Waals surface area (Å²) in [6, 6.07) is 21.9. The molecule has 1 aliphatic carbocycles. The molecule has 0 spiro atoms. The molecular formula is C25H22FNO4. The highest BCUT2D eigenvalue weighted by Crippen LogP contribution is 2.44. The van der Waals surface area contributed by atoms with Gasteiger partial charge in [-0.15, -0.1) is 0 Å². The van der Waals surface area contributed by atoms with Crippen LogP contribution in [0.15, 0.2) is 72.8 Å². The highest BCUT2D eigenvalue weighted by atomic mass is 19.1. The Morgan fingerprint density at radius 1 is 0.935 bits per heavy atom. The first kappa shape index (κ1) is 20.6. The van der Waals surface area contributed by atoms with E-state index in [9.17, 15) is 14.0 Å². The number of hydrogen-bond donors (Lipinski definition) is 1. The quantitative estimate of drug-likeness (QED) is 0.582. The topological polar surface area (TPSA) is 66.8 Å². The molecule has 0 atom stereocenters. The van der Waals surface area contributed by atoms with E-state index in [1.54, 1.807) is 12.1 Å². The van der Waals surface area contributed by atoms with E-state index < -0.39 is 17.9 Å². The molecule has 5 nitrogen and oxygen atoms in total. The molecule has 158 valence electrons. The molecule has 1 N–H and O–H groups in total. The van der Waals surface area contributed by atoms with Gasteiger partial charge in [0.15, 0.2) is 0 Å². The molecule has 0 unspecified atom stereocenters. The Balaban J connectivity index is 1.50. The first-order chi connectivity index (χ1) is 15.0. The first-order valence-electron chi connectivity index (χ1n) is 10.1. The Hall–Kier alpha value is -3.67. The number of halogens is 1. The van der Waals surface area contributed by atoms with Crippen molar-refractivity contribution < 1.29 is 23.8 Å². The van der Waals surface area contributed by atoms with Gasteiger partial charge in [-0.25, -0.2) is 9.18 Å². The van der Waals surface area contributed by atoms with Gasteiger partial charge < -0.3 is 14.7 Å². The molecule has 3 aromatic carbocycles. The molecule has 0 bridgehead atoms. The number of carbonyl (C=O) groups excluding carboxylic acids is 1. The molecule has 31 heavy (non-hydrogen) atoms. The van der Waals surface area contributed by atoms with Gasteiger partial charge in [-0.05, 0) is 39.9 Å². The highest BCUT2D eigenvalue weighted by molar-refractivity contribution is 5.79. The largest absolute Gasteiger partial charge is 0.481 e. The maximum absolute atomic E-state index is 13.5. The third-order valence-corrected chi connectivity index (χ3v) is 5.45. The zero-order valence-corrected chi connectivity index (χ0v) is 16.8. The van der Waals surface area contributed by atoms with Crippen LogP contribution in [-0.4, -0.2) is 35.2 Å². The van der Waals surface area contributed by atoms with E-state index in [0.29, 0.717) is 5.56 Å². The summed E-state index contributed by atoms with van der Waals surface area (Å²) in [6.45, 7) is 0.184. The Labute approximate surface area is 179 Å².